The van der Waals surface area contributed by atoms with Gasteiger partial charge in [0.1, 0.15) is 0 Å². The van der Waals surface area contributed by atoms with Crippen molar-refractivity contribution in [3.63, 3.8) is 0 Å². The number of hydrogen-bond acceptors (Lipinski definition) is 4. The number of nitrogens with zero attached hydrogens (tertiary/aromatic N) is 1. The summed E-state index contributed by atoms with van der Waals surface area (Å²) < 4.78 is 26.8. The number of piperazine rings is 1. The molecular formula is C13H21Cl4N3O2S. The Labute approximate surface area is 160 Å². The molecule has 1 aliphatic rings. The van der Waals surface area contributed by atoms with E-state index in [4.69, 9.17) is 23.2 Å². The van der Waals surface area contributed by atoms with Gasteiger partial charge in [-0.2, -0.15) is 0 Å². The third-order valence-electron chi connectivity index (χ3n) is 3.36. The molecule has 0 saturated carbocycles. The van der Waals surface area contributed by atoms with Gasteiger partial charge in [-0.1, -0.05) is 29.3 Å². The zero-order chi connectivity index (χ0) is 15.3. The second kappa shape index (κ2) is 10.9. The third-order valence-corrected chi connectivity index (χ3v) is 5.38. The first-order valence-corrected chi connectivity index (χ1v) is 9.22. The molecule has 0 aliphatic carbocycles. The first kappa shape index (κ1) is 23.2. The van der Waals surface area contributed by atoms with Crippen LogP contribution in [0.25, 0.3) is 0 Å². The van der Waals surface area contributed by atoms with Crippen molar-refractivity contribution in [3.05, 3.63) is 33.8 Å². The monoisotopic (exact) mass is 423 g/mol. The zero-order valence-electron chi connectivity index (χ0n) is 12.4. The van der Waals surface area contributed by atoms with Gasteiger partial charge in [0.25, 0.3) is 0 Å². The van der Waals surface area contributed by atoms with E-state index < -0.39 is 10.0 Å². The Balaban J connectivity index is 0.00000242. The van der Waals surface area contributed by atoms with Gasteiger partial charge >= 0.3 is 0 Å². The molecule has 2 rings (SSSR count). The highest BCUT2D eigenvalue weighted by atomic mass is 35.5. The van der Waals surface area contributed by atoms with E-state index in [1.807, 2.05) is 0 Å². The molecule has 0 aromatic heterocycles. The van der Waals surface area contributed by atoms with Crippen molar-refractivity contribution in [2.24, 2.45) is 0 Å². The van der Waals surface area contributed by atoms with Crippen molar-refractivity contribution in [1.82, 2.24) is 14.9 Å². The summed E-state index contributed by atoms with van der Waals surface area (Å²) in [6, 6.07) is 4.97. The number of sulfonamides is 1. The minimum Gasteiger partial charge on any atom is -0.314 e. The van der Waals surface area contributed by atoms with Gasteiger partial charge in [-0.05, 0) is 12.1 Å². The van der Waals surface area contributed by atoms with Crippen LogP contribution in [0.2, 0.25) is 10.0 Å². The van der Waals surface area contributed by atoms with Crippen LogP contribution in [0.3, 0.4) is 0 Å². The molecular weight excluding hydrogens is 404 g/mol. The molecule has 1 aromatic rings. The molecule has 23 heavy (non-hydrogen) atoms. The molecule has 0 atom stereocenters. The van der Waals surface area contributed by atoms with Crippen LogP contribution < -0.4 is 10.0 Å². The summed E-state index contributed by atoms with van der Waals surface area (Å²) in [6.45, 7) is 4.88. The average molecular weight is 425 g/mol. The van der Waals surface area contributed by atoms with Crippen molar-refractivity contribution in [2.45, 2.75) is 5.75 Å². The predicted octanol–water partition coefficient (Wildman–Crippen LogP) is 2.16. The highest BCUT2D eigenvalue weighted by Crippen LogP contribution is 2.25. The van der Waals surface area contributed by atoms with Crippen LogP contribution in [0.15, 0.2) is 18.2 Å². The molecule has 5 nitrogen and oxygen atoms in total. The summed E-state index contributed by atoms with van der Waals surface area (Å²) in [5.74, 6) is -0.201. The quantitative estimate of drug-likeness (QED) is 0.734. The second-order valence-electron chi connectivity index (χ2n) is 4.95. The summed E-state index contributed by atoms with van der Waals surface area (Å²) in [4.78, 5) is 2.22. The Hall–Kier alpha value is 0.210. The highest BCUT2D eigenvalue weighted by molar-refractivity contribution is 7.88. The fourth-order valence-corrected chi connectivity index (χ4v) is 4.09. The van der Waals surface area contributed by atoms with Crippen LogP contribution in [0, 0.1) is 0 Å². The molecule has 0 spiro atoms. The lowest BCUT2D eigenvalue weighted by atomic mass is 10.2. The van der Waals surface area contributed by atoms with E-state index in [-0.39, 0.29) is 30.6 Å². The fraction of sp³-hybridized carbons (Fsp3) is 0.538. The first-order valence-electron chi connectivity index (χ1n) is 6.81. The Morgan fingerprint density at radius 1 is 1.13 bits per heavy atom. The van der Waals surface area contributed by atoms with Crippen LogP contribution in [0.4, 0.5) is 0 Å². The van der Waals surface area contributed by atoms with Crippen molar-refractivity contribution in [1.29, 1.82) is 0 Å². The zero-order valence-corrected chi connectivity index (χ0v) is 16.4. The van der Waals surface area contributed by atoms with E-state index in [2.05, 4.69) is 14.9 Å². The van der Waals surface area contributed by atoms with Gasteiger partial charge < -0.3 is 5.32 Å². The number of nitrogens with one attached hydrogen (secondary N) is 2. The van der Waals surface area contributed by atoms with Crippen molar-refractivity contribution < 1.29 is 8.42 Å². The molecule has 1 aliphatic heterocycles. The second-order valence-corrected chi connectivity index (χ2v) is 7.57. The maximum atomic E-state index is 12.1. The molecule has 0 radical (unpaired) electrons. The van der Waals surface area contributed by atoms with Gasteiger partial charge in [0.15, 0.2) is 0 Å². The minimum absolute atomic E-state index is 0. The molecule has 1 aromatic carbocycles. The maximum Gasteiger partial charge on any atom is 0.215 e. The van der Waals surface area contributed by atoms with Crippen LogP contribution in [0.1, 0.15) is 5.56 Å². The number of benzene rings is 1. The molecule has 0 unspecified atom stereocenters. The van der Waals surface area contributed by atoms with E-state index >= 15 is 0 Å². The topological polar surface area (TPSA) is 61.4 Å². The Bertz CT molecular complexity index is 560. The largest absolute Gasteiger partial charge is 0.314 e. The van der Waals surface area contributed by atoms with Crippen LogP contribution >= 0.6 is 48.0 Å². The van der Waals surface area contributed by atoms with Crippen LogP contribution in [0.5, 0.6) is 0 Å². The van der Waals surface area contributed by atoms with Crippen LogP contribution in [-0.2, 0) is 15.8 Å². The summed E-state index contributed by atoms with van der Waals surface area (Å²) in [5, 5.41) is 4.00. The molecule has 0 bridgehead atoms. The van der Waals surface area contributed by atoms with E-state index in [0.29, 0.717) is 28.7 Å². The minimum atomic E-state index is -3.44. The first-order chi connectivity index (χ1) is 9.98. The molecule has 1 heterocycles. The highest BCUT2D eigenvalue weighted by Gasteiger charge is 2.17. The van der Waals surface area contributed by atoms with Gasteiger partial charge in [-0.15, -0.1) is 24.8 Å². The van der Waals surface area contributed by atoms with E-state index in [9.17, 15) is 8.42 Å². The number of hydrogen-bond donors (Lipinski definition) is 2. The SMILES string of the molecule is Cl.Cl.O=S(=O)(Cc1c(Cl)cccc1Cl)NCCN1CCNCC1. The molecule has 1 fully saturated rings. The standard InChI is InChI=1S/C13H19Cl2N3O2S.2ClH/c14-12-2-1-3-13(15)11(12)10-21(19,20)17-6-9-18-7-4-16-5-8-18;;/h1-3,16-17H,4-10H2;2*1H. The number of halogens is 4. The van der Waals surface area contributed by atoms with Crippen molar-refractivity contribution in [2.75, 3.05) is 39.3 Å². The lowest BCUT2D eigenvalue weighted by molar-refractivity contribution is 0.245. The van der Waals surface area contributed by atoms with Gasteiger partial charge in [-0.3, -0.25) is 4.90 Å². The van der Waals surface area contributed by atoms with Crippen molar-refractivity contribution in [3.8, 4) is 0 Å². The van der Waals surface area contributed by atoms with E-state index in [1.54, 1.807) is 18.2 Å². The van der Waals surface area contributed by atoms with E-state index in [0.717, 1.165) is 26.2 Å². The van der Waals surface area contributed by atoms with Crippen LogP contribution in [-0.4, -0.2) is 52.6 Å². The lowest BCUT2D eigenvalue weighted by Gasteiger charge is -2.27. The average Bonchev–Trinajstić information content (AvgIpc) is 2.44. The lowest BCUT2D eigenvalue weighted by Crippen LogP contribution is -2.46. The normalized spacial score (nSPS) is 15.6. The predicted molar refractivity (Wildman–Crippen MR) is 101 cm³/mol. The molecule has 0 amide bonds. The summed E-state index contributed by atoms with van der Waals surface area (Å²) in [6.07, 6.45) is 0. The van der Waals surface area contributed by atoms with Gasteiger partial charge in [0.05, 0.1) is 5.75 Å². The Kier molecular flexibility index (Phi) is 11.0. The summed E-state index contributed by atoms with van der Waals surface area (Å²) >= 11 is 12.0. The molecule has 1 saturated heterocycles. The third kappa shape index (κ3) is 7.75. The maximum absolute atomic E-state index is 12.1. The number of rotatable bonds is 6. The van der Waals surface area contributed by atoms with Gasteiger partial charge in [0, 0.05) is 54.9 Å². The Morgan fingerprint density at radius 2 is 1.70 bits per heavy atom. The summed E-state index contributed by atoms with van der Waals surface area (Å²) in [7, 11) is -3.44. The Morgan fingerprint density at radius 3 is 2.26 bits per heavy atom. The molecule has 134 valence electrons. The van der Waals surface area contributed by atoms with Gasteiger partial charge in [0.2, 0.25) is 10.0 Å². The van der Waals surface area contributed by atoms with Crippen molar-refractivity contribution >= 4 is 58.0 Å². The molecule has 2 N–H and O–H groups in total. The van der Waals surface area contributed by atoms with Gasteiger partial charge in [-0.25, -0.2) is 13.1 Å². The fourth-order valence-electron chi connectivity index (χ4n) is 2.21. The smallest absolute Gasteiger partial charge is 0.215 e. The van der Waals surface area contributed by atoms with E-state index in [1.165, 1.54) is 0 Å². The summed E-state index contributed by atoms with van der Waals surface area (Å²) in [5.41, 5.74) is 0.440. The molecule has 10 heteroatoms.